The minimum atomic E-state index is -0.985. The van der Waals surface area contributed by atoms with Crippen LogP contribution in [0.25, 0.3) is 10.9 Å². The van der Waals surface area contributed by atoms with Crippen LogP contribution in [0, 0.1) is 0 Å². The van der Waals surface area contributed by atoms with Crippen molar-refractivity contribution in [2.45, 2.75) is 18.1 Å². The SMILES string of the molecule is O=C(O)c1ccc2c(C(=Nc3ccc4c(c3)CN(C(=O)CN3CCOCC3)C4)c3ccccc3)c(S)[nH]c2c1. The van der Waals surface area contributed by atoms with E-state index in [0.717, 1.165) is 52.1 Å². The van der Waals surface area contributed by atoms with Crippen LogP contribution in [0.1, 0.15) is 32.6 Å². The normalized spacial score (nSPS) is 16.0. The molecule has 1 saturated heterocycles. The fourth-order valence-electron chi connectivity index (χ4n) is 5.22. The van der Waals surface area contributed by atoms with Gasteiger partial charge in [-0.2, -0.15) is 0 Å². The van der Waals surface area contributed by atoms with Gasteiger partial charge in [0, 0.05) is 48.2 Å². The molecule has 39 heavy (non-hydrogen) atoms. The van der Waals surface area contributed by atoms with E-state index in [0.29, 0.717) is 43.4 Å². The van der Waals surface area contributed by atoms with Gasteiger partial charge < -0.3 is 19.7 Å². The zero-order valence-corrected chi connectivity index (χ0v) is 22.2. The number of carbonyl (C=O) groups excluding carboxylic acids is 1. The highest BCUT2D eigenvalue weighted by Crippen LogP contribution is 2.32. The number of amides is 1. The average Bonchev–Trinajstić information content (AvgIpc) is 3.52. The highest BCUT2D eigenvalue weighted by Gasteiger charge is 2.26. The Morgan fingerprint density at radius 2 is 1.72 bits per heavy atom. The molecule has 0 unspecified atom stereocenters. The van der Waals surface area contributed by atoms with Crippen LogP contribution < -0.4 is 0 Å². The highest BCUT2D eigenvalue weighted by atomic mass is 32.1. The molecule has 198 valence electrons. The predicted octanol–water partition coefficient (Wildman–Crippen LogP) is 4.50. The molecule has 0 saturated carbocycles. The lowest BCUT2D eigenvalue weighted by molar-refractivity contribution is -0.134. The molecule has 6 rings (SSSR count). The first kappa shape index (κ1) is 25.4. The lowest BCUT2D eigenvalue weighted by Crippen LogP contribution is -2.43. The molecule has 8 nitrogen and oxygen atoms in total. The maximum Gasteiger partial charge on any atom is 0.335 e. The molecule has 0 atom stereocenters. The van der Waals surface area contributed by atoms with E-state index in [1.807, 2.05) is 41.3 Å². The van der Waals surface area contributed by atoms with Crippen molar-refractivity contribution in [2.75, 3.05) is 32.8 Å². The summed E-state index contributed by atoms with van der Waals surface area (Å²) in [5.41, 5.74) is 6.34. The summed E-state index contributed by atoms with van der Waals surface area (Å²) in [6.07, 6.45) is 0. The molecule has 2 aliphatic rings. The van der Waals surface area contributed by atoms with Gasteiger partial charge in [0.1, 0.15) is 0 Å². The lowest BCUT2D eigenvalue weighted by Gasteiger charge is -2.27. The Kier molecular flexibility index (Phi) is 6.95. The number of aromatic carboxylic acids is 1. The molecule has 2 N–H and O–H groups in total. The van der Waals surface area contributed by atoms with Gasteiger partial charge in [-0.3, -0.25) is 9.69 Å². The number of H-pyrrole nitrogens is 1. The largest absolute Gasteiger partial charge is 0.478 e. The summed E-state index contributed by atoms with van der Waals surface area (Å²) in [4.78, 5) is 36.8. The van der Waals surface area contributed by atoms with Crippen molar-refractivity contribution in [1.29, 1.82) is 0 Å². The van der Waals surface area contributed by atoms with Gasteiger partial charge in [0.05, 0.1) is 41.7 Å². The van der Waals surface area contributed by atoms with Crippen molar-refractivity contribution < 1.29 is 19.4 Å². The van der Waals surface area contributed by atoms with Gasteiger partial charge in [-0.05, 0) is 35.4 Å². The fourth-order valence-corrected chi connectivity index (χ4v) is 5.57. The van der Waals surface area contributed by atoms with E-state index in [-0.39, 0.29) is 11.5 Å². The molecule has 9 heteroatoms. The number of fused-ring (bicyclic) bond motifs is 2. The Morgan fingerprint density at radius 3 is 2.49 bits per heavy atom. The number of carboxylic acid groups (broad SMARTS) is 1. The molecule has 1 fully saturated rings. The maximum absolute atomic E-state index is 13.0. The zero-order chi connectivity index (χ0) is 26.9. The van der Waals surface area contributed by atoms with Gasteiger partial charge in [0.15, 0.2) is 0 Å². The number of nitrogens with one attached hydrogen (secondary N) is 1. The molecule has 2 aliphatic heterocycles. The van der Waals surface area contributed by atoms with Crippen molar-refractivity contribution in [3.8, 4) is 0 Å². The minimum absolute atomic E-state index is 0.127. The average molecular weight is 541 g/mol. The van der Waals surface area contributed by atoms with E-state index in [9.17, 15) is 14.7 Å². The van der Waals surface area contributed by atoms with Gasteiger partial charge >= 0.3 is 5.97 Å². The Morgan fingerprint density at radius 1 is 0.949 bits per heavy atom. The highest BCUT2D eigenvalue weighted by molar-refractivity contribution is 7.80. The monoisotopic (exact) mass is 540 g/mol. The third-order valence-corrected chi connectivity index (χ3v) is 7.61. The summed E-state index contributed by atoms with van der Waals surface area (Å²) in [5.74, 6) is -0.858. The second-order valence-corrected chi connectivity index (χ2v) is 10.3. The van der Waals surface area contributed by atoms with Crippen LogP contribution in [0.4, 0.5) is 5.69 Å². The third kappa shape index (κ3) is 5.21. The van der Waals surface area contributed by atoms with Crippen LogP contribution in [0.15, 0.2) is 76.7 Å². The molecule has 0 spiro atoms. The number of carboxylic acids is 1. The number of morpholine rings is 1. The molecule has 0 radical (unpaired) electrons. The second kappa shape index (κ2) is 10.7. The first-order valence-corrected chi connectivity index (χ1v) is 13.3. The predicted molar refractivity (Wildman–Crippen MR) is 152 cm³/mol. The second-order valence-electron chi connectivity index (χ2n) is 9.83. The van der Waals surface area contributed by atoms with Crippen molar-refractivity contribution >= 4 is 46.8 Å². The molecule has 4 aromatic rings. The number of aromatic amines is 1. The molecule has 3 heterocycles. The Balaban J connectivity index is 1.33. The van der Waals surface area contributed by atoms with Gasteiger partial charge in [-0.15, -0.1) is 12.6 Å². The topological polar surface area (TPSA) is 98.2 Å². The van der Waals surface area contributed by atoms with Crippen molar-refractivity contribution in [3.63, 3.8) is 0 Å². The standard InChI is InChI=1S/C30H28N4O4S/c35-26(18-33-10-12-38-13-11-33)34-16-21-6-8-23(14-22(21)17-34)31-28(19-4-2-1-3-5-19)27-24-9-7-20(30(36)37)15-25(24)32-29(27)39/h1-9,14-15,32,39H,10-13,16-18H2,(H,36,37). The van der Waals surface area contributed by atoms with Crippen LogP contribution in [0.5, 0.6) is 0 Å². The number of carbonyl (C=O) groups is 2. The Bertz CT molecular complexity index is 1590. The van der Waals surface area contributed by atoms with Gasteiger partial charge in [0.2, 0.25) is 5.91 Å². The van der Waals surface area contributed by atoms with Crippen LogP contribution >= 0.6 is 12.6 Å². The van der Waals surface area contributed by atoms with E-state index < -0.39 is 5.97 Å². The zero-order valence-electron chi connectivity index (χ0n) is 21.3. The first-order valence-electron chi connectivity index (χ1n) is 12.9. The molecule has 0 aliphatic carbocycles. The van der Waals surface area contributed by atoms with Crippen LogP contribution in [0.2, 0.25) is 0 Å². The minimum Gasteiger partial charge on any atom is -0.478 e. The molecule has 0 bridgehead atoms. The maximum atomic E-state index is 13.0. The molecular formula is C30H28N4O4S. The van der Waals surface area contributed by atoms with Crippen molar-refractivity contribution in [1.82, 2.24) is 14.8 Å². The number of thiol groups is 1. The van der Waals surface area contributed by atoms with E-state index in [4.69, 9.17) is 22.4 Å². The molecule has 1 aromatic heterocycles. The Hall–Kier alpha value is -3.92. The first-order chi connectivity index (χ1) is 19.0. The molecule has 3 aromatic carbocycles. The Labute approximate surface area is 231 Å². The summed E-state index contributed by atoms with van der Waals surface area (Å²) in [6.45, 7) is 4.48. The number of hydrogen-bond donors (Lipinski definition) is 3. The number of aromatic nitrogens is 1. The van der Waals surface area contributed by atoms with E-state index >= 15 is 0 Å². The number of nitrogens with zero attached hydrogens (tertiary/aromatic N) is 3. The van der Waals surface area contributed by atoms with Crippen molar-refractivity contribution in [2.24, 2.45) is 4.99 Å². The van der Waals surface area contributed by atoms with Crippen LogP contribution in [-0.2, 0) is 22.6 Å². The smallest absolute Gasteiger partial charge is 0.335 e. The number of benzene rings is 3. The van der Waals surface area contributed by atoms with Crippen molar-refractivity contribution in [3.05, 3.63) is 94.5 Å². The van der Waals surface area contributed by atoms with E-state index in [2.05, 4.69) is 22.0 Å². The van der Waals surface area contributed by atoms with Crippen LogP contribution in [0.3, 0.4) is 0 Å². The summed E-state index contributed by atoms with van der Waals surface area (Å²) in [5, 5.41) is 10.9. The third-order valence-electron chi connectivity index (χ3n) is 7.28. The van der Waals surface area contributed by atoms with Gasteiger partial charge in [-0.25, -0.2) is 9.79 Å². The van der Waals surface area contributed by atoms with Gasteiger partial charge in [0.25, 0.3) is 0 Å². The van der Waals surface area contributed by atoms with Gasteiger partial charge in [-0.1, -0.05) is 42.5 Å². The van der Waals surface area contributed by atoms with Crippen LogP contribution in [-0.4, -0.2) is 70.3 Å². The number of rotatable bonds is 6. The fraction of sp³-hybridized carbons (Fsp3) is 0.233. The summed E-state index contributed by atoms with van der Waals surface area (Å²) < 4.78 is 5.40. The quantitative estimate of drug-likeness (QED) is 0.247. The number of aliphatic imine (C=N–C) groups is 1. The lowest BCUT2D eigenvalue weighted by atomic mass is 10.0. The summed E-state index contributed by atoms with van der Waals surface area (Å²) in [7, 11) is 0. The molecular weight excluding hydrogens is 512 g/mol. The summed E-state index contributed by atoms with van der Waals surface area (Å²) in [6, 6.07) is 20.9. The number of hydrogen-bond acceptors (Lipinski definition) is 6. The van der Waals surface area contributed by atoms with E-state index in [1.165, 1.54) is 0 Å². The number of ether oxygens (including phenoxy) is 1. The van der Waals surface area contributed by atoms with E-state index in [1.54, 1.807) is 18.2 Å². The summed E-state index contributed by atoms with van der Waals surface area (Å²) >= 11 is 4.71. The molecule has 1 amide bonds.